The molecule has 4 nitrogen and oxygen atoms in total. The Hall–Kier alpha value is -1.62. The first-order valence-electron chi connectivity index (χ1n) is 7.95. The topological polar surface area (TPSA) is 50.4 Å². The van der Waals surface area contributed by atoms with Gasteiger partial charge in [-0.05, 0) is 39.2 Å². The number of rotatable bonds is 5. The summed E-state index contributed by atoms with van der Waals surface area (Å²) in [6, 6.07) is 9.87. The Morgan fingerprint density at radius 2 is 1.65 bits per heavy atom. The van der Waals surface area contributed by atoms with Crippen molar-refractivity contribution in [3.63, 3.8) is 0 Å². The van der Waals surface area contributed by atoms with Gasteiger partial charge in [0.1, 0.15) is 5.60 Å². The molecule has 5 heteroatoms. The summed E-state index contributed by atoms with van der Waals surface area (Å²) in [7, 11) is 0. The highest BCUT2D eigenvalue weighted by Gasteiger charge is 2.25. The van der Waals surface area contributed by atoms with Gasteiger partial charge in [-0.25, -0.2) is 4.79 Å². The van der Waals surface area contributed by atoms with E-state index in [0.717, 1.165) is 5.56 Å². The van der Waals surface area contributed by atoms with Crippen molar-refractivity contribution in [3.8, 4) is 0 Å². The normalized spacial score (nSPS) is 14.0. The summed E-state index contributed by atoms with van der Waals surface area (Å²) in [5, 5.41) is 6.17. The molecule has 1 amide bonds. The third kappa shape index (κ3) is 6.99. The standard InChI is InChI=1S/C18H28N2O2S/c1-12(2)15(20-17(21)22-18(4,5)6)16(23)19-13(3)14-10-8-7-9-11-14/h7-13,15H,1-6H3,(H,19,23)(H,20,21)/t13-,15-/m0/s1. The van der Waals surface area contributed by atoms with Crippen molar-refractivity contribution in [2.75, 3.05) is 0 Å². The van der Waals surface area contributed by atoms with Crippen LogP contribution < -0.4 is 10.6 Å². The largest absolute Gasteiger partial charge is 0.444 e. The van der Waals surface area contributed by atoms with Crippen molar-refractivity contribution in [2.45, 2.75) is 59.2 Å². The van der Waals surface area contributed by atoms with E-state index in [1.54, 1.807) is 0 Å². The van der Waals surface area contributed by atoms with E-state index in [4.69, 9.17) is 17.0 Å². The molecule has 0 fully saturated rings. The maximum atomic E-state index is 12.0. The monoisotopic (exact) mass is 336 g/mol. The molecule has 2 atom stereocenters. The molecule has 0 aliphatic heterocycles. The van der Waals surface area contributed by atoms with Gasteiger partial charge in [0.2, 0.25) is 0 Å². The second kappa shape index (κ2) is 8.29. The number of hydrogen-bond donors (Lipinski definition) is 2. The number of hydrogen-bond acceptors (Lipinski definition) is 3. The summed E-state index contributed by atoms with van der Waals surface area (Å²) in [5.74, 6) is 0.158. The van der Waals surface area contributed by atoms with Crippen LogP contribution in [0.15, 0.2) is 30.3 Å². The molecular weight excluding hydrogens is 308 g/mol. The Kier molecular flexibility index (Phi) is 7.01. The van der Waals surface area contributed by atoms with Gasteiger partial charge in [-0.1, -0.05) is 56.4 Å². The molecule has 2 N–H and O–H groups in total. The third-order valence-corrected chi connectivity index (χ3v) is 3.65. The summed E-state index contributed by atoms with van der Waals surface area (Å²) in [6.45, 7) is 11.6. The average Bonchev–Trinajstić information content (AvgIpc) is 2.43. The molecule has 0 unspecified atom stereocenters. The summed E-state index contributed by atoms with van der Waals surface area (Å²) < 4.78 is 5.32. The van der Waals surface area contributed by atoms with Crippen LogP contribution in [-0.4, -0.2) is 22.7 Å². The molecule has 0 aliphatic rings. The molecule has 1 rings (SSSR count). The number of alkyl carbamates (subject to hydrolysis) is 1. The highest BCUT2D eigenvalue weighted by Crippen LogP contribution is 2.14. The fourth-order valence-corrected chi connectivity index (χ4v) is 2.61. The summed E-state index contributed by atoms with van der Waals surface area (Å²) >= 11 is 5.51. The van der Waals surface area contributed by atoms with Gasteiger partial charge in [-0.3, -0.25) is 0 Å². The molecule has 0 saturated heterocycles. The Morgan fingerprint density at radius 1 is 1.09 bits per heavy atom. The first-order chi connectivity index (χ1) is 10.6. The lowest BCUT2D eigenvalue weighted by Crippen LogP contribution is -2.50. The quantitative estimate of drug-likeness (QED) is 0.791. The predicted octanol–water partition coefficient (Wildman–Crippen LogP) is 4.21. The van der Waals surface area contributed by atoms with E-state index < -0.39 is 11.7 Å². The molecule has 0 spiro atoms. The molecule has 128 valence electrons. The van der Waals surface area contributed by atoms with Crippen LogP contribution in [0.25, 0.3) is 0 Å². The van der Waals surface area contributed by atoms with Crippen LogP contribution in [-0.2, 0) is 4.74 Å². The minimum Gasteiger partial charge on any atom is -0.444 e. The summed E-state index contributed by atoms with van der Waals surface area (Å²) in [4.78, 5) is 12.6. The van der Waals surface area contributed by atoms with Crippen LogP contribution in [0.1, 0.15) is 53.1 Å². The van der Waals surface area contributed by atoms with Crippen molar-refractivity contribution < 1.29 is 9.53 Å². The molecule has 23 heavy (non-hydrogen) atoms. The van der Waals surface area contributed by atoms with E-state index in [1.807, 2.05) is 71.9 Å². The average molecular weight is 337 g/mol. The zero-order valence-corrected chi connectivity index (χ0v) is 15.7. The molecule has 0 saturated carbocycles. The van der Waals surface area contributed by atoms with Gasteiger partial charge in [-0.2, -0.15) is 0 Å². The third-order valence-electron chi connectivity index (χ3n) is 3.28. The Labute approximate surface area is 145 Å². The number of thiocarbonyl (C=S) groups is 1. The number of carbonyl (C=O) groups is 1. The lowest BCUT2D eigenvalue weighted by atomic mass is 10.0. The van der Waals surface area contributed by atoms with Crippen molar-refractivity contribution >= 4 is 23.3 Å². The van der Waals surface area contributed by atoms with Crippen molar-refractivity contribution in [3.05, 3.63) is 35.9 Å². The first kappa shape index (κ1) is 19.4. The van der Waals surface area contributed by atoms with E-state index >= 15 is 0 Å². The second-order valence-electron chi connectivity index (χ2n) is 7.01. The minimum absolute atomic E-state index is 0.0744. The molecule has 1 aromatic rings. The van der Waals surface area contributed by atoms with Crippen LogP contribution >= 0.6 is 12.2 Å². The highest BCUT2D eigenvalue weighted by molar-refractivity contribution is 7.80. The van der Waals surface area contributed by atoms with Gasteiger partial charge < -0.3 is 15.4 Å². The van der Waals surface area contributed by atoms with Gasteiger partial charge in [0.25, 0.3) is 0 Å². The Balaban J connectivity index is 2.70. The molecule has 0 bridgehead atoms. The van der Waals surface area contributed by atoms with E-state index in [1.165, 1.54) is 0 Å². The lowest BCUT2D eigenvalue weighted by Gasteiger charge is -2.28. The van der Waals surface area contributed by atoms with Crippen molar-refractivity contribution in [1.82, 2.24) is 10.6 Å². The maximum absolute atomic E-state index is 12.0. The SMILES string of the molecule is CC(C)[C@H](NC(=O)OC(C)(C)C)C(=S)N[C@@H](C)c1ccccc1. The molecule has 0 aromatic heterocycles. The van der Waals surface area contributed by atoms with Gasteiger partial charge in [0.05, 0.1) is 11.0 Å². The van der Waals surface area contributed by atoms with Crippen LogP contribution in [0.5, 0.6) is 0 Å². The van der Waals surface area contributed by atoms with E-state index in [9.17, 15) is 4.79 Å². The molecular formula is C18H28N2O2S. The smallest absolute Gasteiger partial charge is 0.408 e. The van der Waals surface area contributed by atoms with Gasteiger partial charge in [0, 0.05) is 6.04 Å². The van der Waals surface area contributed by atoms with E-state index in [-0.39, 0.29) is 18.0 Å². The fraction of sp³-hybridized carbons (Fsp3) is 0.556. The molecule has 0 heterocycles. The Morgan fingerprint density at radius 3 is 2.13 bits per heavy atom. The number of ether oxygens (including phenoxy) is 1. The predicted molar refractivity (Wildman–Crippen MR) is 98.6 cm³/mol. The Bertz CT molecular complexity index is 524. The highest BCUT2D eigenvalue weighted by atomic mass is 32.1. The number of nitrogens with one attached hydrogen (secondary N) is 2. The van der Waals surface area contributed by atoms with Crippen LogP contribution in [0.4, 0.5) is 4.79 Å². The first-order valence-corrected chi connectivity index (χ1v) is 8.36. The second-order valence-corrected chi connectivity index (χ2v) is 7.45. The van der Waals surface area contributed by atoms with Crippen LogP contribution in [0.3, 0.4) is 0 Å². The van der Waals surface area contributed by atoms with Crippen LogP contribution in [0, 0.1) is 5.92 Å². The van der Waals surface area contributed by atoms with Crippen LogP contribution in [0.2, 0.25) is 0 Å². The van der Waals surface area contributed by atoms with Crippen molar-refractivity contribution in [1.29, 1.82) is 0 Å². The number of amides is 1. The van der Waals surface area contributed by atoms with E-state index in [2.05, 4.69) is 10.6 Å². The molecule has 1 aromatic carbocycles. The molecule has 0 aliphatic carbocycles. The minimum atomic E-state index is -0.530. The lowest BCUT2D eigenvalue weighted by molar-refractivity contribution is 0.0508. The van der Waals surface area contributed by atoms with Gasteiger partial charge >= 0.3 is 6.09 Å². The van der Waals surface area contributed by atoms with Gasteiger partial charge in [0.15, 0.2) is 0 Å². The van der Waals surface area contributed by atoms with E-state index in [0.29, 0.717) is 4.99 Å². The summed E-state index contributed by atoms with van der Waals surface area (Å²) in [5.41, 5.74) is 0.618. The number of benzene rings is 1. The molecule has 0 radical (unpaired) electrons. The van der Waals surface area contributed by atoms with Gasteiger partial charge in [-0.15, -0.1) is 0 Å². The fourth-order valence-electron chi connectivity index (χ4n) is 2.10. The zero-order chi connectivity index (χ0) is 17.6. The zero-order valence-electron chi connectivity index (χ0n) is 14.8. The number of carbonyl (C=O) groups excluding carboxylic acids is 1. The van der Waals surface area contributed by atoms with Crippen molar-refractivity contribution in [2.24, 2.45) is 5.92 Å². The summed E-state index contributed by atoms with van der Waals surface area (Å²) in [6.07, 6.45) is -0.451. The maximum Gasteiger partial charge on any atom is 0.408 e.